The van der Waals surface area contributed by atoms with Gasteiger partial charge in [-0.2, -0.15) is 0 Å². The zero-order chi connectivity index (χ0) is 12.0. The zero-order valence-corrected chi connectivity index (χ0v) is 9.78. The molecule has 6 heteroatoms. The zero-order valence-electron chi connectivity index (χ0n) is 9.78. The first kappa shape index (κ1) is 12.9. The van der Waals surface area contributed by atoms with E-state index in [0.29, 0.717) is 19.7 Å². The van der Waals surface area contributed by atoms with Gasteiger partial charge in [0.2, 0.25) is 5.91 Å². The first-order valence-electron chi connectivity index (χ1n) is 5.49. The summed E-state index contributed by atoms with van der Waals surface area (Å²) in [7, 11) is 1.70. The number of carbonyl (C=O) groups is 2. The van der Waals surface area contributed by atoms with Gasteiger partial charge in [-0.15, -0.1) is 0 Å². The van der Waals surface area contributed by atoms with Crippen molar-refractivity contribution in [3.8, 4) is 0 Å². The maximum absolute atomic E-state index is 11.6. The summed E-state index contributed by atoms with van der Waals surface area (Å²) in [6, 6.07) is 0. The Kier molecular flexibility index (Phi) is 5.21. The Balaban J connectivity index is 2.26. The van der Waals surface area contributed by atoms with Crippen LogP contribution < -0.4 is 10.6 Å². The van der Waals surface area contributed by atoms with Gasteiger partial charge in [-0.05, 0) is 6.92 Å². The number of morpholine rings is 1. The lowest BCUT2D eigenvalue weighted by molar-refractivity contribution is -0.137. The first-order valence-corrected chi connectivity index (χ1v) is 5.49. The van der Waals surface area contributed by atoms with Crippen LogP contribution in [-0.2, 0) is 14.3 Å². The molecule has 0 aliphatic carbocycles. The van der Waals surface area contributed by atoms with E-state index in [1.807, 2.05) is 6.92 Å². The predicted octanol–water partition coefficient (Wildman–Crippen LogP) is -1.43. The second-order valence-electron chi connectivity index (χ2n) is 3.69. The fourth-order valence-electron chi connectivity index (χ4n) is 1.32. The average Bonchev–Trinajstić information content (AvgIpc) is 2.35. The van der Waals surface area contributed by atoms with Crippen molar-refractivity contribution < 1.29 is 14.3 Å². The van der Waals surface area contributed by atoms with Gasteiger partial charge < -0.3 is 20.3 Å². The first-order chi connectivity index (χ1) is 7.65. The van der Waals surface area contributed by atoms with E-state index in [0.717, 1.165) is 6.54 Å². The standard InChI is InChI=1S/C10H19N3O3/c1-3-13(2)9(14)7-12-10(15)8-6-11-4-5-16-8/h8,11H,3-7H2,1-2H3,(H,12,15). The summed E-state index contributed by atoms with van der Waals surface area (Å²) < 4.78 is 5.26. The average molecular weight is 229 g/mol. The molecule has 1 aliphatic rings. The number of nitrogens with one attached hydrogen (secondary N) is 2. The molecule has 0 saturated carbocycles. The highest BCUT2D eigenvalue weighted by molar-refractivity contribution is 5.87. The molecule has 1 aliphatic heterocycles. The van der Waals surface area contributed by atoms with E-state index in [1.165, 1.54) is 0 Å². The molecule has 1 atom stereocenters. The van der Waals surface area contributed by atoms with Crippen LogP contribution >= 0.6 is 0 Å². The minimum absolute atomic E-state index is 0.0308. The molecule has 1 saturated heterocycles. The van der Waals surface area contributed by atoms with Crippen molar-refractivity contribution in [1.82, 2.24) is 15.5 Å². The maximum Gasteiger partial charge on any atom is 0.250 e. The lowest BCUT2D eigenvalue weighted by Crippen LogP contribution is -2.49. The normalized spacial score (nSPS) is 20.2. The second kappa shape index (κ2) is 6.44. The summed E-state index contributed by atoms with van der Waals surface area (Å²) in [5, 5.41) is 5.63. The molecule has 0 radical (unpaired) electrons. The SMILES string of the molecule is CCN(C)C(=O)CNC(=O)C1CNCCO1. The third-order valence-electron chi connectivity index (χ3n) is 2.53. The highest BCUT2D eigenvalue weighted by atomic mass is 16.5. The summed E-state index contributed by atoms with van der Waals surface area (Å²) in [5.41, 5.74) is 0. The summed E-state index contributed by atoms with van der Waals surface area (Å²) in [6.07, 6.45) is -0.478. The van der Waals surface area contributed by atoms with Crippen molar-refractivity contribution in [3.05, 3.63) is 0 Å². The van der Waals surface area contributed by atoms with Gasteiger partial charge in [0.15, 0.2) is 0 Å². The number of ether oxygens (including phenoxy) is 1. The molecule has 92 valence electrons. The van der Waals surface area contributed by atoms with Gasteiger partial charge in [-0.25, -0.2) is 0 Å². The van der Waals surface area contributed by atoms with E-state index in [9.17, 15) is 9.59 Å². The smallest absolute Gasteiger partial charge is 0.250 e. The van der Waals surface area contributed by atoms with Gasteiger partial charge in [0.1, 0.15) is 6.10 Å². The largest absolute Gasteiger partial charge is 0.366 e. The number of amides is 2. The maximum atomic E-state index is 11.6. The van der Waals surface area contributed by atoms with Crippen molar-refractivity contribution in [2.45, 2.75) is 13.0 Å². The number of nitrogens with zero attached hydrogens (tertiary/aromatic N) is 1. The molecule has 1 heterocycles. The van der Waals surface area contributed by atoms with Gasteiger partial charge >= 0.3 is 0 Å². The monoisotopic (exact) mass is 229 g/mol. The third-order valence-corrected chi connectivity index (χ3v) is 2.53. The molecule has 16 heavy (non-hydrogen) atoms. The van der Waals surface area contributed by atoms with Gasteiger partial charge in [0.25, 0.3) is 5.91 Å². The molecule has 0 aromatic heterocycles. The van der Waals surface area contributed by atoms with Crippen LogP contribution in [0, 0.1) is 0 Å². The van der Waals surface area contributed by atoms with Crippen LogP contribution in [0.5, 0.6) is 0 Å². The minimum atomic E-state index is -0.478. The summed E-state index contributed by atoms with van der Waals surface area (Å²) in [6.45, 7) is 4.35. The molecule has 1 unspecified atom stereocenters. The molecule has 0 bridgehead atoms. The number of likely N-dealkylation sites (N-methyl/N-ethyl adjacent to an activating group) is 1. The molecule has 6 nitrogen and oxygen atoms in total. The Hall–Kier alpha value is -1.14. The Morgan fingerprint density at radius 3 is 2.88 bits per heavy atom. The van der Waals surface area contributed by atoms with Gasteiger partial charge in [-0.3, -0.25) is 9.59 Å². The fourth-order valence-corrected chi connectivity index (χ4v) is 1.32. The molecule has 1 fully saturated rings. The third kappa shape index (κ3) is 3.79. The molecular formula is C10H19N3O3. The van der Waals surface area contributed by atoms with Gasteiger partial charge in [-0.1, -0.05) is 0 Å². The number of carbonyl (C=O) groups excluding carboxylic acids is 2. The van der Waals surface area contributed by atoms with Crippen molar-refractivity contribution in [2.24, 2.45) is 0 Å². The Labute approximate surface area is 95.3 Å². The summed E-state index contributed by atoms with van der Waals surface area (Å²) in [4.78, 5) is 24.5. The highest BCUT2D eigenvalue weighted by Crippen LogP contribution is 1.95. The molecule has 1 rings (SSSR count). The second-order valence-corrected chi connectivity index (χ2v) is 3.69. The van der Waals surface area contributed by atoms with E-state index in [2.05, 4.69) is 10.6 Å². The number of hydrogen-bond acceptors (Lipinski definition) is 4. The van der Waals surface area contributed by atoms with E-state index < -0.39 is 6.10 Å². The van der Waals surface area contributed by atoms with Crippen molar-refractivity contribution >= 4 is 11.8 Å². The summed E-state index contributed by atoms with van der Waals surface area (Å²) >= 11 is 0. The van der Waals surface area contributed by atoms with Crippen LogP contribution in [-0.4, -0.2) is 62.7 Å². The summed E-state index contributed by atoms with van der Waals surface area (Å²) in [5.74, 6) is -0.329. The molecule has 0 aromatic carbocycles. The molecule has 0 aromatic rings. The number of hydrogen-bond donors (Lipinski definition) is 2. The van der Waals surface area contributed by atoms with Crippen molar-refractivity contribution in [3.63, 3.8) is 0 Å². The Morgan fingerprint density at radius 1 is 1.56 bits per heavy atom. The predicted molar refractivity (Wildman–Crippen MR) is 58.9 cm³/mol. The molecule has 2 amide bonds. The molecular weight excluding hydrogens is 210 g/mol. The van der Waals surface area contributed by atoms with Crippen LogP contribution in [0.1, 0.15) is 6.92 Å². The van der Waals surface area contributed by atoms with E-state index in [-0.39, 0.29) is 18.4 Å². The van der Waals surface area contributed by atoms with Gasteiger partial charge in [0.05, 0.1) is 13.2 Å². The van der Waals surface area contributed by atoms with Crippen LogP contribution in [0.3, 0.4) is 0 Å². The number of rotatable bonds is 4. The fraction of sp³-hybridized carbons (Fsp3) is 0.800. The topological polar surface area (TPSA) is 70.7 Å². The van der Waals surface area contributed by atoms with Crippen molar-refractivity contribution in [2.75, 3.05) is 39.8 Å². The van der Waals surface area contributed by atoms with Crippen LogP contribution in [0.15, 0.2) is 0 Å². The van der Waals surface area contributed by atoms with Crippen molar-refractivity contribution in [1.29, 1.82) is 0 Å². The van der Waals surface area contributed by atoms with E-state index >= 15 is 0 Å². The lowest BCUT2D eigenvalue weighted by atomic mass is 10.3. The van der Waals surface area contributed by atoms with E-state index in [1.54, 1.807) is 11.9 Å². The van der Waals surface area contributed by atoms with Crippen LogP contribution in [0.4, 0.5) is 0 Å². The van der Waals surface area contributed by atoms with E-state index in [4.69, 9.17) is 4.74 Å². The molecule has 2 N–H and O–H groups in total. The lowest BCUT2D eigenvalue weighted by Gasteiger charge is -2.23. The Bertz CT molecular complexity index is 252. The highest BCUT2D eigenvalue weighted by Gasteiger charge is 2.22. The minimum Gasteiger partial charge on any atom is -0.366 e. The Morgan fingerprint density at radius 2 is 2.31 bits per heavy atom. The molecule has 0 spiro atoms. The van der Waals surface area contributed by atoms with Crippen LogP contribution in [0.2, 0.25) is 0 Å². The van der Waals surface area contributed by atoms with Gasteiger partial charge in [0, 0.05) is 26.7 Å². The van der Waals surface area contributed by atoms with Crippen LogP contribution in [0.25, 0.3) is 0 Å². The quantitative estimate of drug-likeness (QED) is 0.620.